The van der Waals surface area contributed by atoms with E-state index in [0.29, 0.717) is 23.9 Å². The molecule has 0 radical (unpaired) electrons. The summed E-state index contributed by atoms with van der Waals surface area (Å²) in [6.45, 7) is 6.02. The minimum Gasteiger partial charge on any atom is -0.381 e. The lowest BCUT2D eigenvalue weighted by Crippen LogP contribution is -2.45. The Morgan fingerprint density at radius 2 is 2.11 bits per heavy atom. The van der Waals surface area contributed by atoms with Crippen LogP contribution in [0, 0.1) is 17.8 Å². The molecule has 3 rings (SSSR count). The van der Waals surface area contributed by atoms with E-state index in [4.69, 9.17) is 4.74 Å². The van der Waals surface area contributed by atoms with Gasteiger partial charge in [0.2, 0.25) is 5.91 Å². The monoisotopic (exact) mass is 265 g/mol. The lowest BCUT2D eigenvalue weighted by Gasteiger charge is -2.34. The first kappa shape index (κ1) is 13.4. The van der Waals surface area contributed by atoms with Gasteiger partial charge in [0.1, 0.15) is 0 Å². The number of hydrogen-bond donors (Lipinski definition) is 0. The van der Waals surface area contributed by atoms with E-state index < -0.39 is 0 Å². The number of carbonyl (C=O) groups is 1. The topological polar surface area (TPSA) is 29.5 Å². The third-order valence-electron chi connectivity index (χ3n) is 5.64. The molecular weight excluding hydrogens is 238 g/mol. The maximum Gasteiger partial charge on any atom is 0.226 e. The molecule has 108 valence electrons. The Labute approximate surface area is 116 Å². The molecule has 0 N–H and O–H groups in total. The van der Waals surface area contributed by atoms with Crippen LogP contribution in [-0.2, 0) is 9.53 Å². The molecular formula is C16H27NO2. The lowest BCUT2D eigenvalue weighted by molar-refractivity contribution is -0.141. The van der Waals surface area contributed by atoms with Crippen molar-refractivity contribution in [2.75, 3.05) is 13.2 Å². The molecule has 3 fully saturated rings. The minimum absolute atomic E-state index is 0.141. The van der Waals surface area contributed by atoms with Crippen LogP contribution < -0.4 is 0 Å². The van der Waals surface area contributed by atoms with Crippen molar-refractivity contribution in [3.05, 3.63) is 0 Å². The third-order valence-corrected chi connectivity index (χ3v) is 5.64. The number of hydrogen-bond acceptors (Lipinski definition) is 2. The Balaban J connectivity index is 1.68. The van der Waals surface area contributed by atoms with Gasteiger partial charge in [-0.2, -0.15) is 0 Å². The number of amides is 1. The highest BCUT2D eigenvalue weighted by atomic mass is 16.5. The molecule has 0 aromatic heterocycles. The molecule has 19 heavy (non-hydrogen) atoms. The first-order valence-corrected chi connectivity index (χ1v) is 8.08. The second-order valence-electron chi connectivity index (χ2n) is 6.85. The molecule has 0 aromatic carbocycles. The zero-order chi connectivity index (χ0) is 13.4. The highest BCUT2D eigenvalue weighted by molar-refractivity contribution is 5.80. The summed E-state index contributed by atoms with van der Waals surface area (Å²) in [5, 5.41) is 0. The summed E-state index contributed by atoms with van der Waals surface area (Å²) in [6, 6.07) is 1.00. The van der Waals surface area contributed by atoms with Crippen molar-refractivity contribution in [2.24, 2.45) is 17.8 Å². The zero-order valence-corrected chi connectivity index (χ0v) is 12.3. The maximum atomic E-state index is 12.9. The van der Waals surface area contributed by atoms with Crippen molar-refractivity contribution in [2.45, 2.75) is 64.5 Å². The normalized spacial score (nSPS) is 40.2. The molecule has 3 heteroatoms. The Morgan fingerprint density at radius 3 is 2.84 bits per heavy atom. The number of nitrogens with zero attached hydrogens (tertiary/aromatic N) is 1. The molecule has 2 saturated heterocycles. The van der Waals surface area contributed by atoms with Crippen molar-refractivity contribution in [3.8, 4) is 0 Å². The van der Waals surface area contributed by atoms with Gasteiger partial charge in [-0.05, 0) is 50.9 Å². The van der Waals surface area contributed by atoms with Gasteiger partial charge in [-0.1, -0.05) is 13.3 Å². The van der Waals surface area contributed by atoms with Crippen LogP contribution in [0.25, 0.3) is 0 Å². The van der Waals surface area contributed by atoms with Crippen LogP contribution in [0.15, 0.2) is 0 Å². The summed E-state index contributed by atoms with van der Waals surface area (Å²) in [7, 11) is 0. The van der Waals surface area contributed by atoms with E-state index in [1.54, 1.807) is 0 Å². The predicted molar refractivity (Wildman–Crippen MR) is 74.8 cm³/mol. The molecule has 0 bridgehead atoms. The van der Waals surface area contributed by atoms with Crippen LogP contribution >= 0.6 is 0 Å². The van der Waals surface area contributed by atoms with Gasteiger partial charge in [0.15, 0.2) is 0 Å². The second-order valence-corrected chi connectivity index (χ2v) is 6.85. The fourth-order valence-electron chi connectivity index (χ4n) is 4.51. The second kappa shape index (κ2) is 5.43. The zero-order valence-electron chi connectivity index (χ0n) is 12.3. The molecule has 4 unspecified atom stereocenters. The van der Waals surface area contributed by atoms with Crippen LogP contribution in [0.2, 0.25) is 0 Å². The summed E-state index contributed by atoms with van der Waals surface area (Å²) in [6.07, 6.45) is 7.37. The van der Waals surface area contributed by atoms with Crippen LogP contribution in [0.5, 0.6) is 0 Å². The van der Waals surface area contributed by atoms with Crippen LogP contribution in [-0.4, -0.2) is 36.1 Å². The number of ether oxygens (including phenoxy) is 1. The molecule has 1 aliphatic carbocycles. The SMILES string of the molecule is CC(C(=O)N1C2CCCC2C[C@H]1C)C1CCCOC1. The molecule has 2 heterocycles. The van der Waals surface area contributed by atoms with E-state index in [9.17, 15) is 4.79 Å². The number of carbonyl (C=O) groups excluding carboxylic acids is 1. The Hall–Kier alpha value is -0.570. The summed E-state index contributed by atoms with van der Waals surface area (Å²) < 4.78 is 5.56. The number of rotatable bonds is 2. The van der Waals surface area contributed by atoms with E-state index in [0.717, 1.165) is 32.0 Å². The standard InChI is InChI=1S/C16H27NO2/c1-11-9-13-5-3-7-15(13)17(11)16(18)12(2)14-6-4-8-19-10-14/h11-15H,3-10H2,1-2H3/t11-,12?,13?,14?,15?/m1/s1. The lowest BCUT2D eigenvalue weighted by atomic mass is 9.87. The van der Waals surface area contributed by atoms with Crippen LogP contribution in [0.1, 0.15) is 52.4 Å². The first-order valence-electron chi connectivity index (χ1n) is 8.08. The summed E-state index contributed by atoms with van der Waals surface area (Å²) in [5.41, 5.74) is 0. The molecule has 2 aliphatic heterocycles. The van der Waals surface area contributed by atoms with Crippen molar-refractivity contribution >= 4 is 5.91 Å². The highest BCUT2D eigenvalue weighted by Gasteiger charge is 2.45. The largest absolute Gasteiger partial charge is 0.381 e. The average molecular weight is 265 g/mol. The Morgan fingerprint density at radius 1 is 1.26 bits per heavy atom. The Bertz CT molecular complexity index is 338. The smallest absolute Gasteiger partial charge is 0.226 e. The third kappa shape index (κ3) is 2.42. The molecule has 3 nitrogen and oxygen atoms in total. The van der Waals surface area contributed by atoms with Crippen molar-refractivity contribution in [1.29, 1.82) is 0 Å². The fourth-order valence-corrected chi connectivity index (χ4v) is 4.51. The molecule has 0 spiro atoms. The van der Waals surface area contributed by atoms with Crippen molar-refractivity contribution < 1.29 is 9.53 Å². The highest BCUT2D eigenvalue weighted by Crippen LogP contribution is 2.42. The quantitative estimate of drug-likeness (QED) is 0.768. The van der Waals surface area contributed by atoms with Crippen LogP contribution in [0.3, 0.4) is 0 Å². The Kier molecular flexibility index (Phi) is 3.84. The fraction of sp³-hybridized carbons (Fsp3) is 0.938. The first-order chi connectivity index (χ1) is 9.18. The van der Waals surface area contributed by atoms with Gasteiger partial charge in [-0.3, -0.25) is 4.79 Å². The minimum atomic E-state index is 0.141. The van der Waals surface area contributed by atoms with E-state index >= 15 is 0 Å². The maximum absolute atomic E-state index is 12.9. The van der Waals surface area contributed by atoms with E-state index in [-0.39, 0.29) is 5.92 Å². The van der Waals surface area contributed by atoms with Crippen molar-refractivity contribution in [3.63, 3.8) is 0 Å². The molecule has 1 saturated carbocycles. The van der Waals surface area contributed by atoms with E-state index in [1.165, 1.54) is 25.7 Å². The van der Waals surface area contributed by atoms with Gasteiger partial charge in [0.05, 0.1) is 6.61 Å². The van der Waals surface area contributed by atoms with Gasteiger partial charge >= 0.3 is 0 Å². The molecule has 3 aliphatic rings. The molecule has 5 atom stereocenters. The summed E-state index contributed by atoms with van der Waals surface area (Å²) >= 11 is 0. The number of fused-ring (bicyclic) bond motifs is 1. The average Bonchev–Trinajstić information content (AvgIpc) is 2.98. The number of likely N-dealkylation sites (tertiary alicyclic amines) is 1. The van der Waals surface area contributed by atoms with Crippen molar-refractivity contribution in [1.82, 2.24) is 4.90 Å². The van der Waals surface area contributed by atoms with Gasteiger partial charge in [-0.15, -0.1) is 0 Å². The predicted octanol–water partition coefficient (Wildman–Crippen LogP) is 2.84. The van der Waals surface area contributed by atoms with Gasteiger partial charge < -0.3 is 9.64 Å². The summed E-state index contributed by atoms with van der Waals surface area (Å²) in [4.78, 5) is 15.1. The van der Waals surface area contributed by atoms with Gasteiger partial charge in [0, 0.05) is 24.6 Å². The van der Waals surface area contributed by atoms with Gasteiger partial charge in [-0.25, -0.2) is 0 Å². The van der Waals surface area contributed by atoms with Crippen LogP contribution in [0.4, 0.5) is 0 Å². The summed E-state index contributed by atoms with van der Waals surface area (Å²) in [5.74, 6) is 1.77. The van der Waals surface area contributed by atoms with E-state index in [1.807, 2.05) is 0 Å². The van der Waals surface area contributed by atoms with E-state index in [2.05, 4.69) is 18.7 Å². The van der Waals surface area contributed by atoms with Gasteiger partial charge in [0.25, 0.3) is 0 Å². The molecule has 1 amide bonds. The molecule has 0 aromatic rings.